The molecule has 10 rings (SSSR count). The van der Waals surface area contributed by atoms with E-state index in [-0.39, 0.29) is 0 Å². The number of para-hydroxylation sites is 1. The van der Waals surface area contributed by atoms with Gasteiger partial charge in [0.25, 0.3) is 0 Å². The average molecular weight is 646 g/mol. The molecule has 0 unspecified atom stereocenters. The number of hydrogen-bond donors (Lipinski definition) is 0. The van der Waals surface area contributed by atoms with Crippen molar-refractivity contribution in [3.05, 3.63) is 169 Å². The van der Waals surface area contributed by atoms with E-state index < -0.39 is 0 Å². The number of benzene rings is 7. The SMILES string of the molecule is C1=CC(c2ccc(N(c3cccc4ccccc34)c3cccc4c3oc3cc(-c5ccccc5)ccc34)c3c2sc2ccccc23)=CCC1. The van der Waals surface area contributed by atoms with Crippen molar-refractivity contribution in [3.8, 4) is 11.1 Å². The standard InChI is InChI=1S/C46H31NOS/c1-3-13-30(14-4-1)33-25-26-36-37-21-12-23-41(45(37)48-42(36)29-33)47(39-22-11-18-31-17-7-8-19-34(31)39)40-28-27-35(32-15-5-2-6-16-32)46-44(40)38-20-9-10-24-43(38)49-46/h1,3-5,7-29H,2,6H2. The first-order chi connectivity index (χ1) is 24.3. The Morgan fingerprint density at radius 3 is 2.22 bits per heavy atom. The summed E-state index contributed by atoms with van der Waals surface area (Å²) < 4.78 is 9.53. The van der Waals surface area contributed by atoms with E-state index in [9.17, 15) is 0 Å². The van der Waals surface area contributed by atoms with Crippen LogP contribution in [0.5, 0.6) is 0 Å². The van der Waals surface area contributed by atoms with Gasteiger partial charge in [-0.3, -0.25) is 0 Å². The first kappa shape index (κ1) is 28.1. The van der Waals surface area contributed by atoms with Crippen molar-refractivity contribution in [2.24, 2.45) is 0 Å². The summed E-state index contributed by atoms with van der Waals surface area (Å²) >= 11 is 1.89. The van der Waals surface area contributed by atoms with Gasteiger partial charge in [-0.1, -0.05) is 127 Å². The summed E-state index contributed by atoms with van der Waals surface area (Å²) in [5.74, 6) is 0. The van der Waals surface area contributed by atoms with Crippen LogP contribution < -0.4 is 4.90 Å². The molecule has 2 aromatic heterocycles. The molecule has 0 N–H and O–H groups in total. The molecule has 0 aliphatic heterocycles. The summed E-state index contributed by atoms with van der Waals surface area (Å²) in [7, 11) is 0. The molecular weight excluding hydrogens is 615 g/mol. The highest BCUT2D eigenvalue weighted by Crippen LogP contribution is 2.50. The molecule has 0 bridgehead atoms. The molecule has 2 nitrogen and oxygen atoms in total. The molecule has 0 fully saturated rings. The first-order valence-electron chi connectivity index (χ1n) is 16.9. The average Bonchev–Trinajstić information content (AvgIpc) is 3.75. The highest BCUT2D eigenvalue weighted by Gasteiger charge is 2.25. The van der Waals surface area contributed by atoms with Crippen molar-refractivity contribution < 1.29 is 4.42 Å². The second-order valence-electron chi connectivity index (χ2n) is 12.7. The summed E-state index contributed by atoms with van der Waals surface area (Å²) in [5, 5.41) is 7.17. The Kier molecular flexibility index (Phi) is 6.53. The Hall–Kier alpha value is -5.90. The highest BCUT2D eigenvalue weighted by molar-refractivity contribution is 7.26. The van der Waals surface area contributed by atoms with Crippen molar-refractivity contribution in [3.63, 3.8) is 0 Å². The van der Waals surface area contributed by atoms with E-state index in [0.717, 1.165) is 57.4 Å². The molecular formula is C46H31NOS. The molecule has 0 amide bonds. The van der Waals surface area contributed by atoms with Crippen molar-refractivity contribution in [2.75, 3.05) is 4.90 Å². The summed E-state index contributed by atoms with van der Waals surface area (Å²) in [6.07, 6.45) is 9.16. The topological polar surface area (TPSA) is 16.4 Å². The normalized spacial score (nSPS) is 13.2. The van der Waals surface area contributed by atoms with Gasteiger partial charge in [0.2, 0.25) is 0 Å². The van der Waals surface area contributed by atoms with Gasteiger partial charge in [-0.15, -0.1) is 11.3 Å². The van der Waals surface area contributed by atoms with Crippen LogP contribution in [0.25, 0.3) is 69.6 Å². The van der Waals surface area contributed by atoms with Crippen LogP contribution in [0, 0.1) is 0 Å². The molecule has 49 heavy (non-hydrogen) atoms. The Labute approximate surface area is 288 Å². The molecule has 1 aliphatic carbocycles. The lowest BCUT2D eigenvalue weighted by Crippen LogP contribution is -2.11. The lowest BCUT2D eigenvalue weighted by molar-refractivity contribution is 0.669. The van der Waals surface area contributed by atoms with Gasteiger partial charge in [0, 0.05) is 36.3 Å². The first-order valence-corrected chi connectivity index (χ1v) is 17.7. The van der Waals surface area contributed by atoms with Crippen molar-refractivity contribution >= 4 is 86.9 Å². The summed E-state index contributed by atoms with van der Waals surface area (Å²) in [6.45, 7) is 0. The summed E-state index contributed by atoms with van der Waals surface area (Å²) in [5.41, 5.74) is 9.98. The van der Waals surface area contributed by atoms with Crippen LogP contribution in [0.2, 0.25) is 0 Å². The van der Waals surface area contributed by atoms with Gasteiger partial charge in [0.1, 0.15) is 5.58 Å². The van der Waals surface area contributed by atoms with Gasteiger partial charge in [0.05, 0.1) is 17.1 Å². The molecule has 2 heterocycles. The lowest BCUT2D eigenvalue weighted by atomic mass is 9.96. The van der Waals surface area contributed by atoms with Crippen LogP contribution in [0.15, 0.2) is 168 Å². The number of thiophene rings is 1. The van der Waals surface area contributed by atoms with E-state index in [1.54, 1.807) is 0 Å². The molecule has 3 heteroatoms. The smallest absolute Gasteiger partial charge is 0.159 e. The van der Waals surface area contributed by atoms with E-state index in [1.807, 2.05) is 11.3 Å². The fourth-order valence-electron chi connectivity index (χ4n) is 7.60. The van der Waals surface area contributed by atoms with E-state index in [4.69, 9.17) is 4.42 Å². The molecule has 0 saturated heterocycles. The van der Waals surface area contributed by atoms with E-state index in [0.29, 0.717) is 0 Å². The second-order valence-corrected chi connectivity index (χ2v) is 13.8. The maximum absolute atomic E-state index is 6.92. The van der Waals surface area contributed by atoms with Gasteiger partial charge in [0.15, 0.2) is 5.58 Å². The molecule has 1 aliphatic rings. The van der Waals surface area contributed by atoms with Crippen molar-refractivity contribution in [1.29, 1.82) is 0 Å². The third-order valence-corrected chi connectivity index (χ3v) is 11.1. The van der Waals surface area contributed by atoms with Gasteiger partial charge >= 0.3 is 0 Å². The van der Waals surface area contributed by atoms with Crippen LogP contribution >= 0.6 is 11.3 Å². The molecule has 7 aromatic carbocycles. The zero-order chi connectivity index (χ0) is 32.3. The van der Waals surface area contributed by atoms with Crippen LogP contribution in [0.1, 0.15) is 18.4 Å². The van der Waals surface area contributed by atoms with Crippen molar-refractivity contribution in [2.45, 2.75) is 12.8 Å². The predicted octanol–water partition coefficient (Wildman–Crippen LogP) is 14.0. The van der Waals surface area contributed by atoms with Crippen LogP contribution in [-0.4, -0.2) is 0 Å². The molecule has 0 atom stereocenters. The van der Waals surface area contributed by atoms with Gasteiger partial charge < -0.3 is 9.32 Å². The number of furan rings is 1. The van der Waals surface area contributed by atoms with Crippen molar-refractivity contribution in [1.82, 2.24) is 0 Å². The lowest BCUT2D eigenvalue weighted by Gasteiger charge is -2.28. The Balaban J connectivity index is 1.29. The molecule has 0 spiro atoms. The fourth-order valence-corrected chi connectivity index (χ4v) is 8.86. The fraction of sp³-hybridized carbons (Fsp3) is 0.0435. The maximum Gasteiger partial charge on any atom is 0.159 e. The van der Waals surface area contributed by atoms with E-state index in [2.05, 4.69) is 169 Å². The van der Waals surface area contributed by atoms with Crippen LogP contribution in [-0.2, 0) is 0 Å². The van der Waals surface area contributed by atoms with Gasteiger partial charge in [-0.05, 0) is 76.9 Å². The highest BCUT2D eigenvalue weighted by atomic mass is 32.1. The van der Waals surface area contributed by atoms with E-state index in [1.165, 1.54) is 47.6 Å². The maximum atomic E-state index is 6.92. The Bertz CT molecular complexity index is 2780. The zero-order valence-corrected chi connectivity index (χ0v) is 27.6. The quantitative estimate of drug-likeness (QED) is 0.185. The number of anilines is 3. The van der Waals surface area contributed by atoms with Crippen LogP contribution in [0.4, 0.5) is 17.1 Å². The summed E-state index contributed by atoms with van der Waals surface area (Å²) in [4.78, 5) is 2.45. The number of nitrogens with zero attached hydrogens (tertiary/aromatic N) is 1. The zero-order valence-electron chi connectivity index (χ0n) is 26.8. The molecule has 0 radical (unpaired) electrons. The number of fused-ring (bicyclic) bond motifs is 7. The minimum Gasteiger partial charge on any atom is -0.454 e. The minimum atomic E-state index is 0.880. The van der Waals surface area contributed by atoms with Gasteiger partial charge in [-0.2, -0.15) is 0 Å². The predicted molar refractivity (Wildman–Crippen MR) is 211 cm³/mol. The minimum absolute atomic E-state index is 0.880. The molecule has 9 aromatic rings. The monoisotopic (exact) mass is 645 g/mol. The molecule has 0 saturated carbocycles. The van der Waals surface area contributed by atoms with Crippen LogP contribution in [0.3, 0.4) is 0 Å². The number of hydrogen-bond acceptors (Lipinski definition) is 3. The molecule has 232 valence electrons. The largest absolute Gasteiger partial charge is 0.454 e. The Morgan fingerprint density at radius 1 is 0.551 bits per heavy atom. The number of rotatable bonds is 5. The third-order valence-electron chi connectivity index (χ3n) is 9.88. The number of allylic oxidation sites excluding steroid dienone is 4. The second kappa shape index (κ2) is 11.4. The Morgan fingerprint density at radius 2 is 1.33 bits per heavy atom. The third kappa shape index (κ3) is 4.54. The van der Waals surface area contributed by atoms with Gasteiger partial charge in [-0.25, -0.2) is 0 Å². The van der Waals surface area contributed by atoms with E-state index >= 15 is 0 Å². The summed E-state index contributed by atoms with van der Waals surface area (Å²) in [6, 6.07) is 52.5.